The quantitative estimate of drug-likeness (QED) is 0.786. The molecular weight excluding hydrogens is 188 g/mol. The molecule has 80 valence electrons. The maximum absolute atomic E-state index is 13.2. The van der Waals surface area contributed by atoms with Crippen LogP contribution >= 0.6 is 0 Å². The van der Waals surface area contributed by atoms with Gasteiger partial charge in [-0.2, -0.15) is 0 Å². The predicted octanol–water partition coefficient (Wildman–Crippen LogP) is 1.52. The van der Waals surface area contributed by atoms with Gasteiger partial charge < -0.3 is 9.88 Å². The van der Waals surface area contributed by atoms with E-state index in [0.29, 0.717) is 0 Å². The van der Waals surface area contributed by atoms with E-state index < -0.39 is 5.92 Å². The summed E-state index contributed by atoms with van der Waals surface area (Å²) in [5.41, 5.74) is 0. The van der Waals surface area contributed by atoms with E-state index in [1.807, 2.05) is 13.8 Å². The van der Waals surface area contributed by atoms with Crippen LogP contribution in [0.3, 0.4) is 0 Å². The van der Waals surface area contributed by atoms with E-state index in [1.165, 1.54) is 23.3 Å². The molecule has 1 rings (SSSR count). The monoisotopic (exact) mass is 203 g/mol. The van der Waals surface area contributed by atoms with Gasteiger partial charge >= 0.3 is 0 Å². The summed E-state index contributed by atoms with van der Waals surface area (Å²) in [7, 11) is 0. The Morgan fingerprint density at radius 1 is 1.50 bits per heavy atom. The molecule has 0 saturated carbocycles. The zero-order valence-electron chi connectivity index (χ0n) is 8.37. The van der Waals surface area contributed by atoms with E-state index in [0.717, 1.165) is 0 Å². The van der Waals surface area contributed by atoms with Crippen LogP contribution in [-0.2, 0) is 6.54 Å². The van der Waals surface area contributed by atoms with E-state index in [-0.39, 0.29) is 19.1 Å². The third-order valence-electron chi connectivity index (χ3n) is 1.74. The molecule has 1 heterocycles. The van der Waals surface area contributed by atoms with Crippen molar-refractivity contribution in [2.75, 3.05) is 6.54 Å². The van der Waals surface area contributed by atoms with Crippen molar-refractivity contribution in [3.63, 3.8) is 0 Å². The first kappa shape index (κ1) is 11.1. The Labute approximate surface area is 82.1 Å². The highest BCUT2D eigenvalue weighted by Gasteiger charge is 2.29. The van der Waals surface area contributed by atoms with Gasteiger partial charge in [0.25, 0.3) is 5.92 Å². The fourth-order valence-electron chi connectivity index (χ4n) is 1.06. The van der Waals surface area contributed by atoms with Crippen LogP contribution in [0.5, 0.6) is 0 Å². The molecule has 0 aromatic carbocycles. The van der Waals surface area contributed by atoms with Gasteiger partial charge in [0.05, 0.1) is 19.4 Å². The lowest BCUT2D eigenvalue weighted by Gasteiger charge is -2.18. The lowest BCUT2D eigenvalue weighted by molar-refractivity contribution is -0.0164. The number of nitrogens with zero attached hydrogens (tertiary/aromatic N) is 2. The number of rotatable bonds is 5. The molecule has 0 fully saturated rings. The highest BCUT2D eigenvalue weighted by molar-refractivity contribution is 4.79. The van der Waals surface area contributed by atoms with Crippen molar-refractivity contribution in [3.05, 3.63) is 18.7 Å². The smallest absolute Gasteiger partial charge is 0.277 e. The molecule has 3 nitrogen and oxygen atoms in total. The summed E-state index contributed by atoms with van der Waals surface area (Å²) in [6.45, 7) is 3.05. The maximum atomic E-state index is 13.2. The fourth-order valence-corrected chi connectivity index (χ4v) is 1.06. The number of hydrogen-bond acceptors (Lipinski definition) is 2. The molecule has 5 heteroatoms. The minimum absolute atomic E-state index is 0.0728. The summed E-state index contributed by atoms with van der Waals surface area (Å²) in [5.74, 6) is -2.73. The van der Waals surface area contributed by atoms with E-state index in [2.05, 4.69) is 10.3 Å². The van der Waals surface area contributed by atoms with Crippen LogP contribution in [-0.4, -0.2) is 28.1 Å². The molecule has 0 amide bonds. The van der Waals surface area contributed by atoms with Crippen LogP contribution < -0.4 is 5.32 Å². The molecule has 0 aliphatic rings. The minimum atomic E-state index is -2.73. The molecule has 0 saturated heterocycles. The number of halogens is 2. The Balaban J connectivity index is 2.41. The molecule has 0 atom stereocenters. The molecule has 0 radical (unpaired) electrons. The summed E-state index contributed by atoms with van der Waals surface area (Å²) < 4.78 is 27.8. The summed E-state index contributed by atoms with van der Waals surface area (Å²) in [4.78, 5) is 3.71. The number of aromatic nitrogens is 2. The van der Waals surface area contributed by atoms with Crippen molar-refractivity contribution in [3.8, 4) is 0 Å². The first-order valence-electron chi connectivity index (χ1n) is 4.56. The average molecular weight is 203 g/mol. The number of nitrogens with one attached hydrogen (secondary N) is 1. The number of alkyl halides is 2. The van der Waals surface area contributed by atoms with Gasteiger partial charge in [-0.3, -0.25) is 0 Å². The molecule has 1 aromatic heterocycles. The van der Waals surface area contributed by atoms with Crippen LogP contribution in [0.4, 0.5) is 8.78 Å². The van der Waals surface area contributed by atoms with Crippen molar-refractivity contribution in [2.45, 2.75) is 32.4 Å². The van der Waals surface area contributed by atoms with Crippen LogP contribution in [0.2, 0.25) is 0 Å². The van der Waals surface area contributed by atoms with E-state index in [1.54, 1.807) is 0 Å². The normalized spacial score (nSPS) is 12.4. The lowest BCUT2D eigenvalue weighted by Crippen LogP contribution is -2.39. The minimum Gasteiger partial charge on any atom is -0.331 e. The Hall–Kier alpha value is -0.970. The number of hydrogen-bond donors (Lipinski definition) is 1. The van der Waals surface area contributed by atoms with Crippen LogP contribution in [0.15, 0.2) is 18.7 Å². The zero-order chi connectivity index (χ0) is 10.6. The van der Waals surface area contributed by atoms with Gasteiger partial charge in [-0.05, 0) is 0 Å². The second-order valence-electron chi connectivity index (χ2n) is 3.63. The van der Waals surface area contributed by atoms with Crippen molar-refractivity contribution < 1.29 is 8.78 Å². The first-order valence-corrected chi connectivity index (χ1v) is 4.56. The molecule has 0 aliphatic carbocycles. The Kier molecular flexibility index (Phi) is 3.57. The first-order chi connectivity index (χ1) is 6.49. The van der Waals surface area contributed by atoms with Crippen molar-refractivity contribution in [1.82, 2.24) is 14.9 Å². The van der Waals surface area contributed by atoms with Crippen molar-refractivity contribution in [2.24, 2.45) is 0 Å². The summed E-state index contributed by atoms with van der Waals surface area (Å²) >= 11 is 0. The Bertz CT molecular complexity index is 257. The standard InChI is InChI=1S/C9H15F2N3/c1-8(2)13-5-9(10,11)6-14-4-3-12-7-14/h3-4,7-8,13H,5-6H2,1-2H3. The molecule has 14 heavy (non-hydrogen) atoms. The molecule has 1 aromatic rings. The van der Waals surface area contributed by atoms with Gasteiger partial charge in [-0.1, -0.05) is 13.8 Å². The van der Waals surface area contributed by atoms with Crippen LogP contribution in [0, 0.1) is 0 Å². The second kappa shape index (κ2) is 4.50. The molecule has 0 spiro atoms. The summed E-state index contributed by atoms with van der Waals surface area (Å²) in [6, 6.07) is 0.0728. The van der Waals surface area contributed by atoms with Gasteiger partial charge in [0.15, 0.2) is 0 Å². The van der Waals surface area contributed by atoms with Gasteiger partial charge in [-0.25, -0.2) is 13.8 Å². The molecular formula is C9H15F2N3. The van der Waals surface area contributed by atoms with E-state index in [4.69, 9.17) is 0 Å². The van der Waals surface area contributed by atoms with E-state index in [9.17, 15) is 8.78 Å². The van der Waals surface area contributed by atoms with Crippen LogP contribution in [0.25, 0.3) is 0 Å². The Morgan fingerprint density at radius 2 is 2.21 bits per heavy atom. The van der Waals surface area contributed by atoms with E-state index >= 15 is 0 Å². The highest BCUT2D eigenvalue weighted by atomic mass is 19.3. The molecule has 1 N–H and O–H groups in total. The maximum Gasteiger partial charge on any atom is 0.277 e. The fraction of sp³-hybridized carbons (Fsp3) is 0.667. The predicted molar refractivity (Wildman–Crippen MR) is 50.3 cm³/mol. The third-order valence-corrected chi connectivity index (χ3v) is 1.74. The second-order valence-corrected chi connectivity index (χ2v) is 3.63. The van der Waals surface area contributed by atoms with Crippen LogP contribution in [0.1, 0.15) is 13.8 Å². The Morgan fingerprint density at radius 3 is 2.71 bits per heavy atom. The average Bonchev–Trinajstić information content (AvgIpc) is 2.53. The van der Waals surface area contributed by atoms with Gasteiger partial charge in [0, 0.05) is 18.4 Å². The van der Waals surface area contributed by atoms with Gasteiger partial charge in [0.2, 0.25) is 0 Å². The molecule has 0 aliphatic heterocycles. The number of imidazole rings is 1. The molecule has 0 bridgehead atoms. The topological polar surface area (TPSA) is 29.9 Å². The summed E-state index contributed by atoms with van der Waals surface area (Å²) in [5, 5.41) is 2.71. The molecule has 0 unspecified atom stereocenters. The lowest BCUT2D eigenvalue weighted by atomic mass is 10.3. The third kappa shape index (κ3) is 3.83. The highest BCUT2D eigenvalue weighted by Crippen LogP contribution is 2.14. The SMILES string of the molecule is CC(C)NCC(F)(F)Cn1ccnc1. The van der Waals surface area contributed by atoms with Gasteiger partial charge in [0.1, 0.15) is 0 Å². The van der Waals surface area contributed by atoms with Crippen molar-refractivity contribution in [1.29, 1.82) is 0 Å². The van der Waals surface area contributed by atoms with Crippen molar-refractivity contribution >= 4 is 0 Å². The van der Waals surface area contributed by atoms with Gasteiger partial charge in [-0.15, -0.1) is 0 Å². The largest absolute Gasteiger partial charge is 0.331 e. The zero-order valence-corrected chi connectivity index (χ0v) is 8.37. The summed E-state index contributed by atoms with van der Waals surface area (Å²) in [6.07, 6.45) is 4.42.